The van der Waals surface area contributed by atoms with Crippen LogP contribution in [0.2, 0.25) is 5.02 Å². The summed E-state index contributed by atoms with van der Waals surface area (Å²) >= 11 is 6.13. The van der Waals surface area contributed by atoms with E-state index in [4.69, 9.17) is 11.6 Å². The van der Waals surface area contributed by atoms with Gasteiger partial charge in [-0.1, -0.05) is 17.7 Å². The first kappa shape index (κ1) is 19.7. The van der Waals surface area contributed by atoms with Crippen molar-refractivity contribution < 1.29 is 14.4 Å². The number of ketones is 1. The molecular formula is C20H21ClN2O3. The number of hydrogen-bond donors (Lipinski definition) is 1. The third-order valence-corrected chi connectivity index (χ3v) is 4.39. The molecule has 2 aromatic carbocycles. The molecule has 0 bridgehead atoms. The highest BCUT2D eigenvalue weighted by Gasteiger charge is 2.14. The van der Waals surface area contributed by atoms with Crippen molar-refractivity contribution in [3.63, 3.8) is 0 Å². The van der Waals surface area contributed by atoms with Gasteiger partial charge < -0.3 is 10.2 Å². The third-order valence-electron chi connectivity index (χ3n) is 3.98. The van der Waals surface area contributed by atoms with Gasteiger partial charge in [-0.25, -0.2) is 0 Å². The van der Waals surface area contributed by atoms with Crippen molar-refractivity contribution in [3.05, 3.63) is 58.6 Å². The summed E-state index contributed by atoms with van der Waals surface area (Å²) in [7, 11) is 0. The summed E-state index contributed by atoms with van der Waals surface area (Å²) in [5, 5.41) is 3.33. The van der Waals surface area contributed by atoms with Crippen LogP contribution in [0.15, 0.2) is 42.5 Å². The summed E-state index contributed by atoms with van der Waals surface area (Å²) in [5.41, 5.74) is 2.77. The van der Waals surface area contributed by atoms with Crippen LogP contribution in [0.25, 0.3) is 0 Å². The molecule has 0 aromatic heterocycles. The number of carbonyl (C=O) groups is 3. The Morgan fingerprint density at radius 1 is 1.04 bits per heavy atom. The lowest BCUT2D eigenvalue weighted by molar-refractivity contribution is -0.117. The van der Waals surface area contributed by atoms with Crippen LogP contribution in [0, 0.1) is 6.92 Å². The van der Waals surface area contributed by atoms with E-state index in [1.807, 2.05) is 13.0 Å². The maximum absolute atomic E-state index is 12.2. The molecule has 26 heavy (non-hydrogen) atoms. The lowest BCUT2D eigenvalue weighted by Gasteiger charge is -2.21. The first-order valence-electron chi connectivity index (χ1n) is 8.23. The van der Waals surface area contributed by atoms with Crippen molar-refractivity contribution in [2.24, 2.45) is 0 Å². The number of amides is 2. The summed E-state index contributed by atoms with van der Waals surface area (Å²) in [4.78, 5) is 36.9. The zero-order chi connectivity index (χ0) is 19.3. The number of halogens is 1. The summed E-state index contributed by atoms with van der Waals surface area (Å²) in [6.45, 7) is 5.06. The van der Waals surface area contributed by atoms with Crippen molar-refractivity contribution in [2.45, 2.75) is 27.2 Å². The standard InChI is InChI=1S/C20H21ClN2O3/c1-13-4-9-18(12-19(13)21)23(15(3)25)11-10-20(26)22-17-7-5-16(6-8-17)14(2)24/h4-9,12H,10-11H2,1-3H3,(H,22,26). The van der Waals surface area contributed by atoms with E-state index >= 15 is 0 Å². The minimum atomic E-state index is -0.218. The van der Waals surface area contributed by atoms with Crippen LogP contribution >= 0.6 is 11.6 Å². The Hall–Kier alpha value is -2.66. The fraction of sp³-hybridized carbons (Fsp3) is 0.250. The van der Waals surface area contributed by atoms with Gasteiger partial charge >= 0.3 is 0 Å². The minimum Gasteiger partial charge on any atom is -0.326 e. The second-order valence-electron chi connectivity index (χ2n) is 6.04. The average Bonchev–Trinajstić information content (AvgIpc) is 2.58. The van der Waals surface area contributed by atoms with E-state index in [1.165, 1.54) is 18.7 Å². The average molecular weight is 373 g/mol. The van der Waals surface area contributed by atoms with E-state index in [-0.39, 0.29) is 30.6 Å². The molecule has 0 aliphatic carbocycles. The van der Waals surface area contributed by atoms with Crippen LogP contribution in [0.3, 0.4) is 0 Å². The van der Waals surface area contributed by atoms with E-state index in [2.05, 4.69) is 5.32 Å². The van der Waals surface area contributed by atoms with Crippen LogP contribution in [0.5, 0.6) is 0 Å². The molecule has 136 valence electrons. The molecule has 0 unspecified atom stereocenters. The predicted octanol–water partition coefficient (Wildman–Crippen LogP) is 4.23. The van der Waals surface area contributed by atoms with Crippen molar-refractivity contribution in [1.82, 2.24) is 0 Å². The Kier molecular flexibility index (Phi) is 6.52. The minimum absolute atomic E-state index is 0.0308. The van der Waals surface area contributed by atoms with Crippen molar-refractivity contribution in [3.8, 4) is 0 Å². The Morgan fingerprint density at radius 3 is 2.23 bits per heavy atom. The van der Waals surface area contributed by atoms with Crippen LogP contribution < -0.4 is 10.2 Å². The summed E-state index contributed by atoms with van der Waals surface area (Å²) in [5.74, 6) is -0.412. The van der Waals surface area contributed by atoms with Gasteiger partial charge in [-0.15, -0.1) is 0 Å². The number of nitrogens with one attached hydrogen (secondary N) is 1. The molecule has 0 saturated carbocycles. The van der Waals surface area contributed by atoms with E-state index < -0.39 is 0 Å². The second kappa shape index (κ2) is 8.63. The molecule has 0 atom stereocenters. The van der Waals surface area contributed by atoms with Gasteiger partial charge in [0.1, 0.15) is 0 Å². The van der Waals surface area contributed by atoms with Gasteiger partial charge in [0.05, 0.1) is 0 Å². The molecule has 5 nitrogen and oxygen atoms in total. The molecule has 0 saturated heterocycles. The normalized spacial score (nSPS) is 10.3. The fourth-order valence-corrected chi connectivity index (χ4v) is 2.62. The number of anilines is 2. The summed E-state index contributed by atoms with van der Waals surface area (Å²) in [6.07, 6.45) is 0.138. The number of rotatable bonds is 6. The number of Topliss-reactive ketones (excluding diaryl/α,β-unsaturated/α-hetero) is 1. The number of nitrogens with zero attached hydrogens (tertiary/aromatic N) is 1. The van der Waals surface area contributed by atoms with E-state index in [9.17, 15) is 14.4 Å². The summed E-state index contributed by atoms with van der Waals surface area (Å²) in [6, 6.07) is 12.0. The fourth-order valence-electron chi connectivity index (χ4n) is 2.44. The molecule has 2 amide bonds. The number of aryl methyl sites for hydroxylation is 1. The number of carbonyl (C=O) groups excluding carboxylic acids is 3. The van der Waals surface area contributed by atoms with Gasteiger partial charge in [0, 0.05) is 41.9 Å². The highest BCUT2D eigenvalue weighted by atomic mass is 35.5. The largest absolute Gasteiger partial charge is 0.326 e. The number of hydrogen-bond acceptors (Lipinski definition) is 3. The molecular weight excluding hydrogens is 352 g/mol. The molecule has 0 radical (unpaired) electrons. The number of benzene rings is 2. The van der Waals surface area contributed by atoms with E-state index in [0.29, 0.717) is 22.0 Å². The Balaban J connectivity index is 1.99. The Labute approximate surface area is 158 Å². The monoisotopic (exact) mass is 372 g/mol. The zero-order valence-electron chi connectivity index (χ0n) is 15.0. The molecule has 0 aliphatic heterocycles. The van der Waals surface area contributed by atoms with Crippen molar-refractivity contribution >= 4 is 40.6 Å². The highest BCUT2D eigenvalue weighted by molar-refractivity contribution is 6.31. The van der Waals surface area contributed by atoms with Crippen molar-refractivity contribution in [1.29, 1.82) is 0 Å². The van der Waals surface area contributed by atoms with Crippen LogP contribution in [-0.4, -0.2) is 24.1 Å². The lowest BCUT2D eigenvalue weighted by atomic mass is 10.1. The SMILES string of the molecule is CC(=O)c1ccc(NC(=O)CCN(C(C)=O)c2ccc(C)c(Cl)c2)cc1. The molecule has 1 N–H and O–H groups in total. The molecule has 2 rings (SSSR count). The van der Waals surface area contributed by atoms with Gasteiger partial charge in [-0.05, 0) is 55.8 Å². The van der Waals surface area contributed by atoms with Crippen LogP contribution in [0.1, 0.15) is 36.2 Å². The Morgan fingerprint density at radius 2 is 1.69 bits per heavy atom. The molecule has 0 aliphatic rings. The maximum atomic E-state index is 12.2. The first-order chi connectivity index (χ1) is 12.3. The van der Waals surface area contributed by atoms with E-state index in [0.717, 1.165) is 5.56 Å². The van der Waals surface area contributed by atoms with Crippen molar-refractivity contribution in [2.75, 3.05) is 16.8 Å². The van der Waals surface area contributed by atoms with Gasteiger partial charge in [0.15, 0.2) is 5.78 Å². The molecule has 0 spiro atoms. The Bertz CT molecular complexity index is 831. The molecule has 6 heteroatoms. The van der Waals surface area contributed by atoms with Gasteiger partial charge in [-0.3, -0.25) is 14.4 Å². The van der Waals surface area contributed by atoms with Gasteiger partial charge in [-0.2, -0.15) is 0 Å². The second-order valence-corrected chi connectivity index (χ2v) is 6.44. The summed E-state index contributed by atoms with van der Waals surface area (Å²) < 4.78 is 0. The van der Waals surface area contributed by atoms with Gasteiger partial charge in [0.25, 0.3) is 0 Å². The topological polar surface area (TPSA) is 66.5 Å². The quantitative estimate of drug-likeness (QED) is 0.771. The van der Waals surface area contributed by atoms with E-state index in [1.54, 1.807) is 36.4 Å². The smallest absolute Gasteiger partial charge is 0.226 e. The maximum Gasteiger partial charge on any atom is 0.226 e. The lowest BCUT2D eigenvalue weighted by Crippen LogP contribution is -2.32. The zero-order valence-corrected chi connectivity index (χ0v) is 15.8. The molecule has 0 fully saturated rings. The molecule has 2 aromatic rings. The van der Waals surface area contributed by atoms with Crippen LogP contribution in [-0.2, 0) is 9.59 Å². The van der Waals surface area contributed by atoms with Gasteiger partial charge in [0.2, 0.25) is 11.8 Å². The highest BCUT2D eigenvalue weighted by Crippen LogP contribution is 2.23. The molecule has 0 heterocycles. The first-order valence-corrected chi connectivity index (χ1v) is 8.61. The third kappa shape index (κ3) is 5.17. The van der Waals surface area contributed by atoms with Crippen LogP contribution in [0.4, 0.5) is 11.4 Å². The predicted molar refractivity (Wildman–Crippen MR) is 104 cm³/mol.